The van der Waals surface area contributed by atoms with Crippen molar-refractivity contribution in [3.63, 3.8) is 0 Å². The van der Waals surface area contributed by atoms with Gasteiger partial charge in [-0.15, -0.1) is 11.3 Å². The van der Waals surface area contributed by atoms with Crippen molar-refractivity contribution >= 4 is 44.6 Å². The van der Waals surface area contributed by atoms with Gasteiger partial charge in [0, 0.05) is 43.2 Å². The van der Waals surface area contributed by atoms with Crippen molar-refractivity contribution < 1.29 is 19.1 Å². The Hall–Kier alpha value is -3.53. The second-order valence-electron chi connectivity index (χ2n) is 12.5. The molecule has 1 saturated heterocycles. The van der Waals surface area contributed by atoms with Crippen molar-refractivity contribution in [2.24, 2.45) is 13.0 Å². The van der Waals surface area contributed by atoms with Gasteiger partial charge in [-0.05, 0) is 88.9 Å². The average Bonchev–Trinajstić information content (AvgIpc) is 3.36. The summed E-state index contributed by atoms with van der Waals surface area (Å²) < 4.78 is 15.7. The number of carbonyl (C=O) groups is 2. The second-order valence-corrected chi connectivity index (χ2v) is 13.4. The normalized spacial score (nSPS) is 19.6. The standard InChI is InChI=1S/C31H39N5O4S/c1-18-7-10-22(32-30(38)40-31(2,3)4)17-35(18)28(37)21-13-23-26(25(15-21)39-6)34(5)27(33-23)24-14-20-11-12-41-29(20)36(24)16-19-8-9-19/h11-15,18-19,22H,7-10,16-17H2,1-6H3,(H,32,38)/t18-,22-/m1/s1. The fourth-order valence-corrected chi connectivity index (χ4v) is 6.77. The number of amides is 2. The van der Waals surface area contributed by atoms with Crippen LogP contribution < -0.4 is 10.1 Å². The van der Waals surface area contributed by atoms with Gasteiger partial charge in [-0.25, -0.2) is 9.78 Å². The molecular formula is C31H39N5O4S. The van der Waals surface area contributed by atoms with Gasteiger partial charge in [-0.2, -0.15) is 0 Å². The summed E-state index contributed by atoms with van der Waals surface area (Å²) in [5.41, 5.74) is 2.62. The third-order valence-electron chi connectivity index (χ3n) is 8.13. The van der Waals surface area contributed by atoms with Crippen molar-refractivity contribution in [3.8, 4) is 17.3 Å². The van der Waals surface area contributed by atoms with Crippen LogP contribution in [0.15, 0.2) is 29.6 Å². The fourth-order valence-electron chi connectivity index (χ4n) is 5.87. The molecule has 0 bridgehead atoms. The van der Waals surface area contributed by atoms with Crippen LogP contribution in [0.25, 0.3) is 32.8 Å². The maximum absolute atomic E-state index is 13.9. The Morgan fingerprint density at radius 3 is 2.63 bits per heavy atom. The van der Waals surface area contributed by atoms with E-state index in [4.69, 9.17) is 14.5 Å². The monoisotopic (exact) mass is 577 g/mol. The second kappa shape index (κ2) is 10.4. The lowest BCUT2D eigenvalue weighted by Gasteiger charge is -2.38. The van der Waals surface area contributed by atoms with Crippen LogP contribution in [0.3, 0.4) is 0 Å². The van der Waals surface area contributed by atoms with E-state index in [0.29, 0.717) is 17.9 Å². The van der Waals surface area contributed by atoms with E-state index in [0.717, 1.165) is 47.9 Å². The lowest BCUT2D eigenvalue weighted by molar-refractivity contribution is 0.0412. The minimum atomic E-state index is -0.579. The van der Waals surface area contributed by atoms with E-state index >= 15 is 0 Å². The number of benzene rings is 1. The van der Waals surface area contributed by atoms with Gasteiger partial charge in [0.2, 0.25) is 0 Å². The van der Waals surface area contributed by atoms with Crippen molar-refractivity contribution in [2.75, 3.05) is 13.7 Å². The van der Waals surface area contributed by atoms with Gasteiger partial charge in [0.1, 0.15) is 21.7 Å². The van der Waals surface area contributed by atoms with E-state index in [1.165, 1.54) is 23.1 Å². The first-order valence-corrected chi connectivity index (χ1v) is 15.3. The number of alkyl carbamates (subject to hydrolysis) is 1. The van der Waals surface area contributed by atoms with Gasteiger partial charge in [0.05, 0.1) is 18.3 Å². The molecule has 0 radical (unpaired) electrons. The van der Waals surface area contributed by atoms with Crippen LogP contribution >= 0.6 is 11.3 Å². The number of nitrogens with zero attached hydrogens (tertiary/aromatic N) is 4. The lowest BCUT2D eigenvalue weighted by Crippen LogP contribution is -2.53. The molecule has 1 aromatic carbocycles. The topological polar surface area (TPSA) is 90.6 Å². The number of piperidine rings is 1. The Kier molecular flexibility index (Phi) is 7.00. The molecule has 4 aromatic rings. The van der Waals surface area contributed by atoms with Crippen LogP contribution in [0.4, 0.5) is 4.79 Å². The van der Waals surface area contributed by atoms with E-state index in [-0.39, 0.29) is 18.0 Å². The van der Waals surface area contributed by atoms with Crippen molar-refractivity contribution in [2.45, 2.75) is 77.6 Å². The number of hydrogen-bond acceptors (Lipinski definition) is 6. The number of aryl methyl sites for hydroxylation is 1. The SMILES string of the molecule is COc1cc(C(=O)N2C[C@H](NC(=O)OC(C)(C)C)CC[C@H]2C)cc2nc(-c3cc4ccsc4n3CC3CC3)n(C)c12. The molecule has 4 heterocycles. The molecule has 2 fully saturated rings. The van der Waals surface area contributed by atoms with Gasteiger partial charge in [-0.1, -0.05) is 0 Å². The number of imidazole rings is 1. The molecule has 10 heteroatoms. The van der Waals surface area contributed by atoms with Crippen LogP contribution in [0, 0.1) is 5.92 Å². The van der Waals surface area contributed by atoms with E-state index in [1.54, 1.807) is 18.4 Å². The van der Waals surface area contributed by atoms with Gasteiger partial charge in [0.15, 0.2) is 5.82 Å². The molecule has 6 rings (SSSR count). The first kappa shape index (κ1) is 27.6. The molecule has 0 spiro atoms. The third kappa shape index (κ3) is 5.41. The minimum Gasteiger partial charge on any atom is -0.494 e. The summed E-state index contributed by atoms with van der Waals surface area (Å²) in [4.78, 5) is 34.5. The van der Waals surface area contributed by atoms with Crippen molar-refractivity contribution in [1.29, 1.82) is 0 Å². The summed E-state index contributed by atoms with van der Waals surface area (Å²) in [6.45, 7) is 8.98. The summed E-state index contributed by atoms with van der Waals surface area (Å²) in [6, 6.07) is 7.94. The number of aromatic nitrogens is 3. The number of hydrogen-bond donors (Lipinski definition) is 1. The minimum absolute atomic E-state index is 0.0406. The molecule has 2 aliphatic rings. The zero-order chi connectivity index (χ0) is 29.1. The number of thiophene rings is 1. The molecule has 1 aliphatic heterocycles. The molecule has 2 amide bonds. The number of likely N-dealkylation sites (tertiary alicyclic amines) is 1. The molecule has 3 aromatic heterocycles. The molecule has 1 aliphatic carbocycles. The zero-order valence-electron chi connectivity index (χ0n) is 24.7. The Morgan fingerprint density at radius 2 is 1.93 bits per heavy atom. The van der Waals surface area contributed by atoms with Gasteiger partial charge < -0.3 is 28.8 Å². The maximum Gasteiger partial charge on any atom is 0.407 e. The summed E-state index contributed by atoms with van der Waals surface area (Å²) in [5.74, 6) is 2.10. The first-order chi connectivity index (χ1) is 19.5. The van der Waals surface area contributed by atoms with Crippen LogP contribution in [0.2, 0.25) is 0 Å². The van der Waals surface area contributed by atoms with Crippen LogP contribution in [0.5, 0.6) is 5.75 Å². The number of nitrogens with one attached hydrogen (secondary N) is 1. The van der Waals surface area contributed by atoms with E-state index in [2.05, 4.69) is 38.9 Å². The Bertz CT molecular complexity index is 1620. The highest BCUT2D eigenvalue weighted by atomic mass is 32.1. The largest absolute Gasteiger partial charge is 0.494 e. The predicted molar refractivity (Wildman–Crippen MR) is 162 cm³/mol. The van der Waals surface area contributed by atoms with E-state index in [1.807, 2.05) is 44.9 Å². The van der Waals surface area contributed by atoms with Crippen molar-refractivity contribution in [3.05, 3.63) is 35.2 Å². The Labute approximate surface area is 244 Å². The third-order valence-corrected chi connectivity index (χ3v) is 9.09. The van der Waals surface area contributed by atoms with Crippen LogP contribution in [-0.4, -0.2) is 62.4 Å². The van der Waals surface area contributed by atoms with Gasteiger partial charge in [-0.3, -0.25) is 4.79 Å². The molecule has 0 unspecified atom stereocenters. The molecule has 2 atom stereocenters. The molecule has 1 N–H and O–H groups in total. The number of carbonyl (C=O) groups excluding carboxylic acids is 2. The summed E-state index contributed by atoms with van der Waals surface area (Å²) >= 11 is 1.77. The highest BCUT2D eigenvalue weighted by Gasteiger charge is 2.32. The van der Waals surface area contributed by atoms with Gasteiger partial charge in [0.25, 0.3) is 5.91 Å². The highest BCUT2D eigenvalue weighted by Crippen LogP contribution is 2.39. The van der Waals surface area contributed by atoms with E-state index < -0.39 is 11.7 Å². The zero-order valence-corrected chi connectivity index (χ0v) is 25.5. The summed E-state index contributed by atoms with van der Waals surface area (Å²) in [5, 5.41) is 6.32. The first-order valence-electron chi connectivity index (χ1n) is 14.4. The number of rotatable bonds is 6. The summed E-state index contributed by atoms with van der Waals surface area (Å²) in [6.07, 6.45) is 3.66. The van der Waals surface area contributed by atoms with Crippen LogP contribution in [-0.2, 0) is 18.3 Å². The molecular weight excluding hydrogens is 538 g/mol. The Balaban J connectivity index is 1.32. The smallest absolute Gasteiger partial charge is 0.407 e. The number of ether oxygens (including phenoxy) is 2. The number of fused-ring (bicyclic) bond motifs is 2. The molecule has 9 nitrogen and oxygen atoms in total. The molecule has 1 saturated carbocycles. The molecule has 41 heavy (non-hydrogen) atoms. The molecule has 218 valence electrons. The van der Waals surface area contributed by atoms with E-state index in [9.17, 15) is 9.59 Å². The average molecular weight is 578 g/mol. The highest BCUT2D eigenvalue weighted by molar-refractivity contribution is 7.16. The number of methoxy groups -OCH3 is 1. The van der Waals surface area contributed by atoms with Gasteiger partial charge >= 0.3 is 6.09 Å². The Morgan fingerprint density at radius 1 is 1.15 bits per heavy atom. The van der Waals surface area contributed by atoms with Crippen molar-refractivity contribution in [1.82, 2.24) is 24.3 Å². The summed E-state index contributed by atoms with van der Waals surface area (Å²) in [7, 11) is 3.64. The predicted octanol–water partition coefficient (Wildman–Crippen LogP) is 6.19. The quantitative estimate of drug-likeness (QED) is 0.295. The maximum atomic E-state index is 13.9. The van der Waals surface area contributed by atoms with Crippen LogP contribution in [0.1, 0.15) is 63.7 Å². The fraction of sp³-hybridized carbons (Fsp3) is 0.516. The lowest BCUT2D eigenvalue weighted by atomic mass is 9.98.